The molecule has 0 bridgehead atoms. The summed E-state index contributed by atoms with van der Waals surface area (Å²) in [5.41, 5.74) is 1.45. The highest BCUT2D eigenvalue weighted by molar-refractivity contribution is 7.89. The Bertz CT molecular complexity index is 779. The maximum absolute atomic E-state index is 13.8. The lowest BCUT2D eigenvalue weighted by molar-refractivity contribution is 0.597. The van der Waals surface area contributed by atoms with Crippen molar-refractivity contribution in [1.82, 2.24) is 0 Å². The molecule has 7 heteroatoms. The number of primary sulfonamides is 1. The monoisotopic (exact) mass is 328 g/mol. The molecule has 0 amide bonds. The molecule has 0 fully saturated rings. The standard InChI is InChI=1S/C14H14ClFN2O2S/c1-9-12(6-3-7-13(9)21(17,19)20)18-8-10-4-2-5-11(15)14(10)16/h2-7,18H,8H2,1H3,(H2,17,19,20). The van der Waals surface area contributed by atoms with Crippen LogP contribution in [0.15, 0.2) is 41.3 Å². The van der Waals surface area contributed by atoms with E-state index in [1.54, 1.807) is 31.2 Å². The number of nitrogens with two attached hydrogens (primary N) is 1. The van der Waals surface area contributed by atoms with Crippen molar-refractivity contribution in [2.45, 2.75) is 18.4 Å². The second kappa shape index (κ2) is 6.01. The molecule has 2 rings (SSSR count). The normalized spacial score (nSPS) is 11.4. The molecule has 112 valence electrons. The molecule has 2 aromatic carbocycles. The van der Waals surface area contributed by atoms with E-state index in [4.69, 9.17) is 16.7 Å². The number of nitrogens with one attached hydrogen (secondary N) is 1. The van der Waals surface area contributed by atoms with Gasteiger partial charge in [0.15, 0.2) is 0 Å². The van der Waals surface area contributed by atoms with Gasteiger partial charge in [-0.3, -0.25) is 0 Å². The SMILES string of the molecule is Cc1c(NCc2cccc(Cl)c2F)cccc1S(N)(=O)=O. The largest absolute Gasteiger partial charge is 0.381 e. The van der Waals surface area contributed by atoms with Crippen LogP contribution in [-0.4, -0.2) is 8.42 Å². The van der Waals surface area contributed by atoms with Gasteiger partial charge in [-0.1, -0.05) is 29.8 Å². The lowest BCUT2D eigenvalue weighted by Crippen LogP contribution is -2.14. The summed E-state index contributed by atoms with van der Waals surface area (Å²) in [6.45, 7) is 1.82. The van der Waals surface area contributed by atoms with Gasteiger partial charge in [0.1, 0.15) is 5.82 Å². The molecule has 4 nitrogen and oxygen atoms in total. The number of anilines is 1. The van der Waals surface area contributed by atoms with E-state index in [1.165, 1.54) is 12.1 Å². The Hall–Kier alpha value is -1.63. The molecule has 0 radical (unpaired) electrons. The van der Waals surface area contributed by atoms with Crippen molar-refractivity contribution >= 4 is 27.3 Å². The van der Waals surface area contributed by atoms with Crippen molar-refractivity contribution in [2.24, 2.45) is 5.14 Å². The summed E-state index contributed by atoms with van der Waals surface area (Å²) in [5, 5.41) is 8.18. The predicted molar refractivity (Wildman–Crippen MR) is 81.3 cm³/mol. The highest BCUT2D eigenvalue weighted by atomic mass is 35.5. The lowest BCUT2D eigenvalue weighted by Gasteiger charge is -2.13. The first-order chi connectivity index (χ1) is 9.80. The minimum Gasteiger partial charge on any atom is -0.381 e. The lowest BCUT2D eigenvalue weighted by atomic mass is 10.1. The van der Waals surface area contributed by atoms with Gasteiger partial charge in [0.05, 0.1) is 9.92 Å². The molecule has 0 aliphatic rings. The fourth-order valence-electron chi connectivity index (χ4n) is 1.99. The molecule has 21 heavy (non-hydrogen) atoms. The van der Waals surface area contributed by atoms with E-state index in [-0.39, 0.29) is 16.5 Å². The van der Waals surface area contributed by atoms with Gasteiger partial charge in [0, 0.05) is 17.8 Å². The molecular formula is C14H14ClFN2O2S. The van der Waals surface area contributed by atoms with Gasteiger partial charge in [-0.25, -0.2) is 17.9 Å². The molecule has 0 saturated heterocycles. The summed E-state index contributed by atoms with van der Waals surface area (Å²) in [4.78, 5) is 0.0408. The molecule has 0 spiro atoms. The van der Waals surface area contributed by atoms with Gasteiger partial charge in [-0.05, 0) is 30.7 Å². The van der Waals surface area contributed by atoms with Gasteiger partial charge < -0.3 is 5.32 Å². The molecule has 0 atom stereocenters. The average Bonchev–Trinajstić information content (AvgIpc) is 2.40. The van der Waals surface area contributed by atoms with E-state index < -0.39 is 15.8 Å². The van der Waals surface area contributed by atoms with Crippen LogP contribution in [0.1, 0.15) is 11.1 Å². The Kier molecular flexibility index (Phi) is 4.51. The van der Waals surface area contributed by atoms with E-state index in [0.29, 0.717) is 16.8 Å². The first kappa shape index (κ1) is 15.8. The molecule has 2 aromatic rings. The number of hydrogen-bond donors (Lipinski definition) is 2. The van der Waals surface area contributed by atoms with E-state index in [9.17, 15) is 12.8 Å². The van der Waals surface area contributed by atoms with Crippen LogP contribution < -0.4 is 10.5 Å². The number of hydrogen-bond acceptors (Lipinski definition) is 3. The van der Waals surface area contributed by atoms with E-state index in [0.717, 1.165) is 0 Å². The van der Waals surface area contributed by atoms with E-state index >= 15 is 0 Å². The van der Waals surface area contributed by atoms with Crippen molar-refractivity contribution < 1.29 is 12.8 Å². The third-order valence-electron chi connectivity index (χ3n) is 3.09. The summed E-state index contributed by atoms with van der Waals surface area (Å²) >= 11 is 5.71. The van der Waals surface area contributed by atoms with Crippen LogP contribution in [0, 0.1) is 12.7 Å². The second-order valence-corrected chi connectivity index (χ2v) is 6.48. The maximum atomic E-state index is 13.8. The first-order valence-corrected chi connectivity index (χ1v) is 8.02. The first-order valence-electron chi connectivity index (χ1n) is 6.10. The smallest absolute Gasteiger partial charge is 0.238 e. The van der Waals surface area contributed by atoms with Crippen molar-refractivity contribution in [2.75, 3.05) is 5.32 Å². The Morgan fingerprint density at radius 1 is 1.24 bits per heavy atom. The predicted octanol–water partition coefficient (Wildman–Crippen LogP) is 3.05. The van der Waals surface area contributed by atoms with Gasteiger partial charge in [-0.15, -0.1) is 0 Å². The topological polar surface area (TPSA) is 72.2 Å². The Labute approximate surface area is 127 Å². The van der Waals surface area contributed by atoms with Crippen molar-refractivity contribution in [3.63, 3.8) is 0 Å². The van der Waals surface area contributed by atoms with Gasteiger partial charge in [0.25, 0.3) is 0 Å². The van der Waals surface area contributed by atoms with E-state index in [1.807, 2.05) is 0 Å². The molecule has 0 aromatic heterocycles. The molecule has 0 aliphatic heterocycles. The zero-order chi connectivity index (χ0) is 15.6. The quantitative estimate of drug-likeness (QED) is 0.906. The molecule has 0 saturated carbocycles. The Morgan fingerprint density at radius 3 is 2.57 bits per heavy atom. The Morgan fingerprint density at radius 2 is 1.90 bits per heavy atom. The van der Waals surface area contributed by atoms with Crippen LogP contribution >= 0.6 is 11.6 Å². The van der Waals surface area contributed by atoms with Crippen LogP contribution in [0.3, 0.4) is 0 Å². The van der Waals surface area contributed by atoms with Crippen LogP contribution in [0.25, 0.3) is 0 Å². The van der Waals surface area contributed by atoms with Gasteiger partial charge >= 0.3 is 0 Å². The van der Waals surface area contributed by atoms with Gasteiger partial charge in [-0.2, -0.15) is 0 Å². The highest BCUT2D eigenvalue weighted by Crippen LogP contribution is 2.24. The summed E-state index contributed by atoms with van der Waals surface area (Å²) in [6, 6.07) is 9.42. The highest BCUT2D eigenvalue weighted by Gasteiger charge is 2.14. The van der Waals surface area contributed by atoms with Crippen molar-refractivity contribution in [1.29, 1.82) is 0 Å². The molecular weight excluding hydrogens is 315 g/mol. The second-order valence-electron chi connectivity index (χ2n) is 4.54. The van der Waals surface area contributed by atoms with Crippen molar-refractivity contribution in [3.05, 3.63) is 58.4 Å². The van der Waals surface area contributed by atoms with Gasteiger partial charge in [0.2, 0.25) is 10.0 Å². The number of benzene rings is 2. The minimum atomic E-state index is -3.79. The summed E-state index contributed by atoms with van der Waals surface area (Å²) in [5.74, 6) is -0.494. The molecule has 0 unspecified atom stereocenters. The third kappa shape index (κ3) is 3.53. The third-order valence-corrected chi connectivity index (χ3v) is 4.44. The van der Waals surface area contributed by atoms with Crippen LogP contribution in [0.2, 0.25) is 5.02 Å². The molecule has 0 aliphatic carbocycles. The van der Waals surface area contributed by atoms with Crippen LogP contribution in [0.5, 0.6) is 0 Å². The maximum Gasteiger partial charge on any atom is 0.238 e. The number of rotatable bonds is 4. The summed E-state index contributed by atoms with van der Waals surface area (Å²) < 4.78 is 36.7. The van der Waals surface area contributed by atoms with Crippen molar-refractivity contribution in [3.8, 4) is 0 Å². The number of halogens is 2. The molecule has 3 N–H and O–H groups in total. The fraction of sp³-hybridized carbons (Fsp3) is 0.143. The zero-order valence-corrected chi connectivity index (χ0v) is 12.8. The fourth-order valence-corrected chi connectivity index (χ4v) is 2.99. The number of sulfonamides is 1. The van der Waals surface area contributed by atoms with E-state index in [2.05, 4.69) is 5.32 Å². The summed E-state index contributed by atoms with van der Waals surface area (Å²) in [7, 11) is -3.79. The zero-order valence-electron chi connectivity index (χ0n) is 11.2. The molecule has 0 heterocycles. The van der Waals surface area contributed by atoms with Crippen LogP contribution in [-0.2, 0) is 16.6 Å². The Balaban J connectivity index is 2.27. The summed E-state index contributed by atoms with van der Waals surface area (Å²) in [6.07, 6.45) is 0. The average molecular weight is 329 g/mol. The minimum absolute atomic E-state index is 0.0408. The van der Waals surface area contributed by atoms with Crippen LogP contribution in [0.4, 0.5) is 10.1 Å².